The fourth-order valence-corrected chi connectivity index (χ4v) is 4.18. The molecule has 0 unspecified atom stereocenters. The molecule has 4 aromatic rings. The Kier molecular flexibility index (Phi) is 6.22. The van der Waals surface area contributed by atoms with Crippen LogP contribution < -0.4 is 26.0 Å². The van der Waals surface area contributed by atoms with E-state index in [0.717, 1.165) is 10.1 Å². The molecular weight excluding hydrogens is 478 g/mol. The van der Waals surface area contributed by atoms with E-state index in [1.807, 2.05) is 6.07 Å². The fourth-order valence-electron chi connectivity index (χ4n) is 4.18. The van der Waals surface area contributed by atoms with Gasteiger partial charge in [-0.15, -0.1) is 0 Å². The van der Waals surface area contributed by atoms with Gasteiger partial charge in [-0.1, -0.05) is 18.2 Å². The Bertz CT molecular complexity index is 1650. The van der Waals surface area contributed by atoms with Gasteiger partial charge in [0, 0.05) is 19.2 Å². The molecule has 1 N–H and O–H groups in total. The first-order valence-corrected chi connectivity index (χ1v) is 11.4. The van der Waals surface area contributed by atoms with Crippen LogP contribution in [0.3, 0.4) is 0 Å². The summed E-state index contributed by atoms with van der Waals surface area (Å²) >= 11 is 0. The molecule has 1 aromatic heterocycles. The zero-order valence-corrected chi connectivity index (χ0v) is 20.1. The molecule has 2 heterocycles. The van der Waals surface area contributed by atoms with Gasteiger partial charge in [0.25, 0.3) is 11.5 Å². The van der Waals surface area contributed by atoms with Gasteiger partial charge in [0.1, 0.15) is 0 Å². The van der Waals surface area contributed by atoms with Crippen molar-refractivity contribution in [1.29, 1.82) is 0 Å². The minimum atomic E-state index is -0.513. The van der Waals surface area contributed by atoms with Crippen LogP contribution in [0.2, 0.25) is 0 Å². The average molecular weight is 501 g/mol. The highest BCUT2D eigenvalue weighted by Crippen LogP contribution is 2.32. The number of hydrogen-bond donors (Lipinski definition) is 1. The van der Waals surface area contributed by atoms with E-state index in [9.17, 15) is 19.2 Å². The van der Waals surface area contributed by atoms with Crippen molar-refractivity contribution in [3.05, 3.63) is 104 Å². The lowest BCUT2D eigenvalue weighted by Crippen LogP contribution is -2.39. The Morgan fingerprint density at radius 2 is 1.62 bits per heavy atom. The molecule has 3 aromatic carbocycles. The third kappa shape index (κ3) is 4.56. The number of methoxy groups -OCH3 is 1. The normalized spacial score (nSPS) is 11.9. The van der Waals surface area contributed by atoms with E-state index in [1.54, 1.807) is 55.6 Å². The predicted octanol–water partition coefficient (Wildman–Crippen LogP) is 2.19. The molecule has 0 saturated heterocycles. The van der Waals surface area contributed by atoms with Gasteiger partial charge in [-0.3, -0.25) is 18.7 Å². The molecule has 10 nitrogen and oxygen atoms in total. The number of carbonyl (C=O) groups excluding carboxylic acids is 2. The molecule has 0 aliphatic carbocycles. The molecule has 37 heavy (non-hydrogen) atoms. The number of carbonyl (C=O) groups is 2. The zero-order valence-electron chi connectivity index (χ0n) is 20.1. The van der Waals surface area contributed by atoms with Gasteiger partial charge in [0.2, 0.25) is 6.79 Å². The summed E-state index contributed by atoms with van der Waals surface area (Å²) in [6, 6.07) is 16.5. The van der Waals surface area contributed by atoms with Crippen molar-refractivity contribution in [2.45, 2.75) is 13.1 Å². The topological polar surface area (TPSA) is 118 Å². The lowest BCUT2D eigenvalue weighted by atomic mass is 10.1. The van der Waals surface area contributed by atoms with Crippen molar-refractivity contribution in [3.63, 3.8) is 0 Å². The zero-order chi connectivity index (χ0) is 26.1. The summed E-state index contributed by atoms with van der Waals surface area (Å²) in [5.41, 5.74) is 1.55. The Morgan fingerprint density at radius 1 is 0.919 bits per heavy atom. The Balaban J connectivity index is 1.41. The molecule has 10 heteroatoms. The number of fused-ring (bicyclic) bond motifs is 2. The molecule has 1 amide bonds. The van der Waals surface area contributed by atoms with E-state index in [1.165, 1.54) is 17.7 Å². The number of aryl methyl sites for hydroxylation is 1. The van der Waals surface area contributed by atoms with Crippen LogP contribution in [0.4, 0.5) is 0 Å². The van der Waals surface area contributed by atoms with Gasteiger partial charge >= 0.3 is 11.7 Å². The second kappa shape index (κ2) is 9.65. The van der Waals surface area contributed by atoms with Crippen LogP contribution in [0, 0.1) is 0 Å². The van der Waals surface area contributed by atoms with E-state index in [4.69, 9.17) is 14.2 Å². The molecule has 0 spiro atoms. The molecule has 1 aliphatic heterocycles. The van der Waals surface area contributed by atoms with Crippen molar-refractivity contribution in [1.82, 2.24) is 14.5 Å². The summed E-state index contributed by atoms with van der Waals surface area (Å²) in [5, 5.41) is 3.08. The number of esters is 1. The van der Waals surface area contributed by atoms with E-state index >= 15 is 0 Å². The van der Waals surface area contributed by atoms with Gasteiger partial charge in [0.05, 0.1) is 30.1 Å². The number of benzene rings is 3. The Morgan fingerprint density at radius 3 is 2.38 bits per heavy atom. The van der Waals surface area contributed by atoms with E-state index in [-0.39, 0.29) is 36.7 Å². The SMILES string of the molecule is COC(=O)c1ccc(Cn2c(=O)c3cc(C(=O)NCc4ccc5c(c4)OCO5)ccc3n(C)c2=O)cc1. The number of nitrogens with zero attached hydrogens (tertiary/aromatic N) is 2. The number of ether oxygens (including phenoxy) is 3. The monoisotopic (exact) mass is 501 g/mol. The predicted molar refractivity (Wildman–Crippen MR) is 134 cm³/mol. The molecule has 0 bridgehead atoms. The van der Waals surface area contributed by atoms with Crippen molar-refractivity contribution in [3.8, 4) is 11.5 Å². The summed E-state index contributed by atoms with van der Waals surface area (Å²) in [6.45, 7) is 0.428. The van der Waals surface area contributed by atoms with Crippen LogP contribution in [0.15, 0.2) is 70.3 Å². The highest BCUT2D eigenvalue weighted by atomic mass is 16.7. The first-order chi connectivity index (χ1) is 17.9. The van der Waals surface area contributed by atoms with Crippen molar-refractivity contribution in [2.24, 2.45) is 7.05 Å². The van der Waals surface area contributed by atoms with Gasteiger partial charge in [-0.2, -0.15) is 0 Å². The number of hydrogen-bond acceptors (Lipinski definition) is 7. The van der Waals surface area contributed by atoms with E-state index < -0.39 is 17.2 Å². The van der Waals surface area contributed by atoms with E-state index in [2.05, 4.69) is 5.32 Å². The standard InChI is InChI=1S/C27H23N3O7/c1-29-21-9-8-19(24(31)28-13-17-5-10-22-23(11-17)37-15-36-22)12-20(21)25(32)30(27(29)34)14-16-3-6-18(7-4-16)26(33)35-2/h3-12H,13-15H2,1-2H3,(H,28,31). The summed E-state index contributed by atoms with van der Waals surface area (Å²) in [6.07, 6.45) is 0. The van der Waals surface area contributed by atoms with Crippen LogP contribution in [0.25, 0.3) is 10.9 Å². The van der Waals surface area contributed by atoms with E-state index in [0.29, 0.717) is 28.1 Å². The minimum absolute atomic E-state index is 0.00341. The highest BCUT2D eigenvalue weighted by Gasteiger charge is 2.16. The molecule has 1 aliphatic rings. The number of aromatic nitrogens is 2. The Labute approximate surface area is 210 Å². The molecule has 0 radical (unpaired) electrons. The van der Waals surface area contributed by atoms with Crippen LogP contribution in [-0.4, -0.2) is 34.9 Å². The van der Waals surface area contributed by atoms with Gasteiger partial charge in [-0.25, -0.2) is 9.59 Å². The Hall–Kier alpha value is -4.86. The molecule has 5 rings (SSSR count). The van der Waals surface area contributed by atoms with Gasteiger partial charge in [0.15, 0.2) is 11.5 Å². The molecular formula is C27H23N3O7. The van der Waals surface area contributed by atoms with Crippen molar-refractivity contribution >= 4 is 22.8 Å². The highest BCUT2D eigenvalue weighted by molar-refractivity contribution is 5.97. The number of nitrogens with one attached hydrogen (secondary N) is 1. The molecule has 0 atom stereocenters. The van der Waals surface area contributed by atoms with Crippen LogP contribution in [0.5, 0.6) is 11.5 Å². The number of amides is 1. The number of rotatable bonds is 6. The maximum atomic E-state index is 13.3. The fraction of sp³-hybridized carbons (Fsp3) is 0.185. The molecule has 0 saturated carbocycles. The van der Waals surface area contributed by atoms with Crippen LogP contribution in [0.1, 0.15) is 31.8 Å². The lowest BCUT2D eigenvalue weighted by molar-refractivity contribution is 0.0600. The second-order valence-electron chi connectivity index (χ2n) is 8.52. The quantitative estimate of drug-likeness (QED) is 0.403. The van der Waals surface area contributed by atoms with Crippen molar-refractivity contribution in [2.75, 3.05) is 13.9 Å². The average Bonchev–Trinajstić information content (AvgIpc) is 3.40. The third-order valence-electron chi connectivity index (χ3n) is 6.22. The molecule has 0 fully saturated rings. The van der Waals surface area contributed by atoms with Crippen LogP contribution in [-0.2, 0) is 24.9 Å². The maximum absolute atomic E-state index is 13.3. The summed E-state index contributed by atoms with van der Waals surface area (Å²) in [4.78, 5) is 50.8. The first kappa shape index (κ1) is 23.9. The third-order valence-corrected chi connectivity index (χ3v) is 6.22. The van der Waals surface area contributed by atoms with Gasteiger partial charge < -0.3 is 19.5 Å². The summed E-state index contributed by atoms with van der Waals surface area (Å²) in [7, 11) is 2.86. The van der Waals surface area contributed by atoms with Gasteiger partial charge in [-0.05, 0) is 53.6 Å². The second-order valence-corrected chi connectivity index (χ2v) is 8.52. The smallest absolute Gasteiger partial charge is 0.337 e. The molecule has 188 valence electrons. The largest absolute Gasteiger partial charge is 0.465 e. The minimum Gasteiger partial charge on any atom is -0.465 e. The summed E-state index contributed by atoms with van der Waals surface area (Å²) in [5.74, 6) is 0.442. The maximum Gasteiger partial charge on any atom is 0.337 e. The first-order valence-electron chi connectivity index (χ1n) is 11.4. The lowest BCUT2D eigenvalue weighted by Gasteiger charge is -2.12. The summed E-state index contributed by atoms with van der Waals surface area (Å²) < 4.78 is 17.8. The van der Waals surface area contributed by atoms with Crippen LogP contribution >= 0.6 is 0 Å². The van der Waals surface area contributed by atoms with Crippen molar-refractivity contribution < 1.29 is 23.8 Å².